The van der Waals surface area contributed by atoms with Crippen molar-refractivity contribution in [1.29, 1.82) is 0 Å². The number of hydrogen-bond acceptors (Lipinski definition) is 2. The van der Waals surface area contributed by atoms with Crippen molar-refractivity contribution >= 4 is 23.6 Å². The molecule has 32 heavy (non-hydrogen) atoms. The zero-order valence-electron chi connectivity index (χ0n) is 21.4. The van der Waals surface area contributed by atoms with Crippen LogP contribution in [0.4, 0.5) is 8.78 Å². The van der Waals surface area contributed by atoms with E-state index in [9.17, 15) is 8.78 Å². The number of ether oxygens (including phenoxy) is 1. The predicted octanol–water partition coefficient (Wildman–Crippen LogP) is 7.44. The van der Waals surface area contributed by atoms with Gasteiger partial charge in [0.2, 0.25) is 5.92 Å². The molecule has 5 heteroatoms. The maximum atomic E-state index is 12.2. The SMILES string of the molecule is C=C1NC=C(OC)c2ccc(B3CC(C)(C)C(C)(C)C3)cc21.CC.CC1CCC(F)(F)C1. The lowest BCUT2D eigenvalue weighted by molar-refractivity contribution is 0.00579. The van der Waals surface area contributed by atoms with E-state index in [-0.39, 0.29) is 18.8 Å². The number of hydrogen-bond donors (Lipinski definition) is 1. The summed E-state index contributed by atoms with van der Waals surface area (Å²) in [6, 6.07) is 6.76. The van der Waals surface area contributed by atoms with E-state index >= 15 is 0 Å². The van der Waals surface area contributed by atoms with Crippen molar-refractivity contribution in [3.63, 3.8) is 0 Å². The van der Waals surface area contributed by atoms with E-state index in [1.807, 2.05) is 27.0 Å². The van der Waals surface area contributed by atoms with Gasteiger partial charge in [-0.15, -0.1) is 0 Å². The maximum absolute atomic E-state index is 12.2. The molecule has 1 aromatic carbocycles. The molecule has 1 saturated heterocycles. The number of methoxy groups -OCH3 is 1. The van der Waals surface area contributed by atoms with Crippen LogP contribution in [0.3, 0.4) is 0 Å². The summed E-state index contributed by atoms with van der Waals surface area (Å²) in [7, 11) is 1.71. The summed E-state index contributed by atoms with van der Waals surface area (Å²) in [6.07, 6.45) is 5.28. The minimum atomic E-state index is -2.33. The summed E-state index contributed by atoms with van der Waals surface area (Å²) >= 11 is 0. The molecule has 1 aromatic rings. The van der Waals surface area contributed by atoms with E-state index in [0.29, 0.717) is 24.0 Å². The Morgan fingerprint density at radius 2 is 1.66 bits per heavy atom. The number of halogens is 2. The van der Waals surface area contributed by atoms with Gasteiger partial charge in [0.25, 0.3) is 0 Å². The highest BCUT2D eigenvalue weighted by Crippen LogP contribution is 2.52. The number of fused-ring (bicyclic) bond motifs is 1. The minimum absolute atomic E-state index is 0.104. The molecule has 4 rings (SSSR count). The fourth-order valence-electron chi connectivity index (χ4n) is 5.02. The van der Waals surface area contributed by atoms with Crippen LogP contribution in [-0.2, 0) is 4.74 Å². The lowest BCUT2D eigenvalue weighted by Gasteiger charge is -2.35. The van der Waals surface area contributed by atoms with Crippen LogP contribution in [0, 0.1) is 16.7 Å². The highest BCUT2D eigenvalue weighted by molar-refractivity contribution is 6.74. The normalized spacial score (nSPS) is 24.2. The monoisotopic (exact) mass is 445 g/mol. The first-order valence-corrected chi connectivity index (χ1v) is 12.1. The molecule has 0 aromatic heterocycles. The smallest absolute Gasteiger partial charge is 0.248 e. The number of alkyl halides is 2. The van der Waals surface area contributed by atoms with E-state index < -0.39 is 5.92 Å². The molecular weight excluding hydrogens is 403 g/mol. The third kappa shape index (κ3) is 5.77. The molecule has 2 nitrogen and oxygen atoms in total. The molecule has 0 spiro atoms. The van der Waals surface area contributed by atoms with Gasteiger partial charge in [0.15, 0.2) is 6.71 Å². The third-order valence-electron chi connectivity index (χ3n) is 7.70. The van der Waals surface area contributed by atoms with Gasteiger partial charge < -0.3 is 10.1 Å². The molecule has 1 unspecified atom stereocenters. The molecule has 3 aliphatic rings. The van der Waals surface area contributed by atoms with Gasteiger partial charge in [0.1, 0.15) is 5.76 Å². The standard InChI is InChI=1S/C19H26BNO.C6H10F2.C2H6/c1-13-16-9-14(7-8-15(16)17(22-6)10-21-13)20-11-18(2,3)19(4,5)12-20;1-5-2-3-6(7,8)4-5;1-2/h7-10,21H,1,11-12H2,2-6H3;5H,2-4H2,1H3;1-2H3. The number of rotatable bonds is 2. The lowest BCUT2D eigenvalue weighted by Crippen LogP contribution is -2.29. The van der Waals surface area contributed by atoms with Gasteiger partial charge in [-0.25, -0.2) is 8.78 Å². The molecule has 0 radical (unpaired) electrons. The summed E-state index contributed by atoms with van der Waals surface area (Å²) in [5.41, 5.74) is 5.43. The number of nitrogens with one attached hydrogen (secondary N) is 1. The van der Waals surface area contributed by atoms with Crippen molar-refractivity contribution in [2.75, 3.05) is 7.11 Å². The first-order chi connectivity index (χ1) is 14.9. The van der Waals surface area contributed by atoms with Crippen molar-refractivity contribution < 1.29 is 13.5 Å². The molecule has 178 valence electrons. The molecule has 0 bridgehead atoms. The van der Waals surface area contributed by atoms with Crippen LogP contribution in [0.5, 0.6) is 0 Å². The first kappa shape index (κ1) is 26.5. The van der Waals surface area contributed by atoms with Crippen molar-refractivity contribution in [2.45, 2.75) is 86.3 Å². The Hall–Kier alpha value is -1.78. The molecule has 1 N–H and O–H groups in total. The molecule has 2 aliphatic heterocycles. The van der Waals surface area contributed by atoms with Crippen LogP contribution in [0.25, 0.3) is 11.5 Å². The largest absolute Gasteiger partial charge is 0.495 e. The Labute approximate surface area is 195 Å². The molecule has 2 heterocycles. The van der Waals surface area contributed by atoms with E-state index in [1.165, 1.54) is 23.7 Å². The van der Waals surface area contributed by atoms with E-state index in [2.05, 4.69) is 57.8 Å². The van der Waals surface area contributed by atoms with Crippen LogP contribution in [0.2, 0.25) is 12.6 Å². The Bertz CT molecular complexity index is 828. The summed E-state index contributed by atoms with van der Waals surface area (Å²) in [5, 5.41) is 3.21. The second kappa shape index (κ2) is 10.0. The maximum Gasteiger partial charge on any atom is 0.248 e. The molecule has 1 aliphatic carbocycles. The average Bonchev–Trinajstić information content (AvgIpc) is 3.16. The Morgan fingerprint density at radius 1 is 1.06 bits per heavy atom. The lowest BCUT2D eigenvalue weighted by atomic mass is 9.42. The van der Waals surface area contributed by atoms with Gasteiger partial charge in [-0.1, -0.05) is 91.3 Å². The molecule has 0 amide bonds. The second-order valence-electron chi connectivity index (χ2n) is 10.7. The highest BCUT2D eigenvalue weighted by atomic mass is 19.3. The average molecular weight is 445 g/mol. The van der Waals surface area contributed by atoms with Gasteiger partial charge in [-0.3, -0.25) is 0 Å². The van der Waals surface area contributed by atoms with Gasteiger partial charge in [0.05, 0.1) is 7.11 Å². The van der Waals surface area contributed by atoms with Crippen molar-refractivity contribution in [2.24, 2.45) is 16.7 Å². The van der Waals surface area contributed by atoms with E-state index in [4.69, 9.17) is 4.74 Å². The Morgan fingerprint density at radius 3 is 2.09 bits per heavy atom. The van der Waals surface area contributed by atoms with E-state index in [0.717, 1.165) is 17.0 Å². The van der Waals surface area contributed by atoms with Crippen LogP contribution in [0.15, 0.2) is 31.0 Å². The van der Waals surface area contributed by atoms with E-state index in [1.54, 1.807) is 7.11 Å². The van der Waals surface area contributed by atoms with Gasteiger partial charge in [0, 0.05) is 35.9 Å². The zero-order valence-corrected chi connectivity index (χ0v) is 21.4. The van der Waals surface area contributed by atoms with Crippen LogP contribution < -0.4 is 10.8 Å². The summed E-state index contributed by atoms with van der Waals surface area (Å²) in [6.45, 7) is 20.2. The first-order valence-electron chi connectivity index (χ1n) is 12.1. The summed E-state index contributed by atoms with van der Waals surface area (Å²) in [5.74, 6) is -1.22. The van der Waals surface area contributed by atoms with Crippen LogP contribution in [0.1, 0.15) is 78.9 Å². The molecule has 1 saturated carbocycles. The predicted molar refractivity (Wildman–Crippen MR) is 135 cm³/mol. The van der Waals surface area contributed by atoms with Crippen LogP contribution in [-0.4, -0.2) is 19.7 Å². The fraction of sp³-hybridized carbons (Fsp3) is 0.630. The summed E-state index contributed by atoms with van der Waals surface area (Å²) in [4.78, 5) is 0. The molecule has 1 atom stereocenters. The van der Waals surface area contributed by atoms with Crippen molar-refractivity contribution in [1.82, 2.24) is 5.32 Å². The fourth-order valence-corrected chi connectivity index (χ4v) is 5.02. The quantitative estimate of drug-likeness (QED) is 0.478. The second-order valence-corrected chi connectivity index (χ2v) is 10.7. The zero-order chi connectivity index (χ0) is 24.3. The van der Waals surface area contributed by atoms with Crippen LogP contribution >= 0.6 is 0 Å². The minimum Gasteiger partial charge on any atom is -0.495 e. The van der Waals surface area contributed by atoms with Crippen molar-refractivity contribution in [3.05, 3.63) is 42.1 Å². The summed E-state index contributed by atoms with van der Waals surface area (Å²) < 4.78 is 29.8. The van der Waals surface area contributed by atoms with Crippen molar-refractivity contribution in [3.8, 4) is 0 Å². The molecule has 2 fully saturated rings. The Kier molecular flexibility index (Phi) is 8.28. The van der Waals surface area contributed by atoms with Gasteiger partial charge >= 0.3 is 0 Å². The molecular formula is C27H42BF2NO. The van der Waals surface area contributed by atoms with Gasteiger partial charge in [-0.2, -0.15) is 0 Å². The number of benzene rings is 1. The topological polar surface area (TPSA) is 21.3 Å². The highest BCUT2D eigenvalue weighted by Gasteiger charge is 2.48. The third-order valence-corrected chi connectivity index (χ3v) is 7.70. The Balaban J connectivity index is 0.000000304. The van der Waals surface area contributed by atoms with Gasteiger partial charge in [-0.05, 0) is 23.2 Å².